The molecule has 0 saturated heterocycles. The van der Waals surface area contributed by atoms with Gasteiger partial charge in [0.2, 0.25) is 0 Å². The Balaban J connectivity index is 2.27. The maximum atomic E-state index is 12.3. The van der Waals surface area contributed by atoms with E-state index < -0.39 is 0 Å². The molecule has 0 unspecified atom stereocenters. The molecule has 1 heterocycles. The SMILES string of the molecule is CSc1c(N(C)CC2CCC2)sc(C(=O)C(C)C)c1N. The normalized spacial score (nSPS) is 15.4. The second kappa shape index (κ2) is 6.39. The van der Waals surface area contributed by atoms with E-state index in [2.05, 4.69) is 11.9 Å². The molecule has 2 rings (SSSR count). The Morgan fingerprint density at radius 3 is 2.60 bits per heavy atom. The lowest BCUT2D eigenvalue weighted by Crippen LogP contribution is -2.29. The van der Waals surface area contributed by atoms with Crippen LogP contribution in [-0.2, 0) is 0 Å². The molecule has 1 aliphatic carbocycles. The lowest BCUT2D eigenvalue weighted by molar-refractivity contribution is 0.0944. The highest BCUT2D eigenvalue weighted by atomic mass is 32.2. The average Bonchev–Trinajstić information content (AvgIpc) is 2.69. The van der Waals surface area contributed by atoms with Gasteiger partial charge in [0.05, 0.1) is 15.5 Å². The van der Waals surface area contributed by atoms with Crippen LogP contribution in [-0.4, -0.2) is 25.6 Å². The summed E-state index contributed by atoms with van der Waals surface area (Å²) in [7, 11) is 2.12. The summed E-state index contributed by atoms with van der Waals surface area (Å²) in [5.41, 5.74) is 6.89. The third-order valence-corrected chi connectivity index (χ3v) is 6.22. The zero-order valence-corrected chi connectivity index (χ0v) is 14.4. The Labute approximate surface area is 129 Å². The van der Waals surface area contributed by atoms with Crippen molar-refractivity contribution in [1.82, 2.24) is 0 Å². The van der Waals surface area contributed by atoms with Gasteiger partial charge in [-0.25, -0.2) is 0 Å². The Morgan fingerprint density at radius 1 is 1.50 bits per heavy atom. The summed E-state index contributed by atoms with van der Waals surface area (Å²) >= 11 is 3.21. The summed E-state index contributed by atoms with van der Waals surface area (Å²) in [5.74, 6) is 0.962. The van der Waals surface area contributed by atoms with E-state index in [9.17, 15) is 4.79 Å². The summed E-state index contributed by atoms with van der Waals surface area (Å²) in [4.78, 5) is 16.4. The molecular formula is C15H24N2OS2. The van der Waals surface area contributed by atoms with Gasteiger partial charge in [0, 0.05) is 19.5 Å². The Hall–Kier alpha value is -0.680. The van der Waals surface area contributed by atoms with Gasteiger partial charge in [0.15, 0.2) is 5.78 Å². The van der Waals surface area contributed by atoms with Crippen molar-refractivity contribution in [2.24, 2.45) is 11.8 Å². The lowest BCUT2D eigenvalue weighted by Gasteiger charge is -2.31. The Kier molecular flexibility index (Phi) is 5.02. The molecule has 0 aromatic carbocycles. The predicted molar refractivity (Wildman–Crippen MR) is 90.3 cm³/mol. The number of Topliss-reactive ketones (excluding diaryl/α,β-unsaturated/α-hetero) is 1. The van der Waals surface area contributed by atoms with Gasteiger partial charge in [0.1, 0.15) is 5.00 Å². The van der Waals surface area contributed by atoms with Crippen LogP contribution in [0, 0.1) is 11.8 Å². The molecular weight excluding hydrogens is 288 g/mol. The molecule has 1 saturated carbocycles. The van der Waals surface area contributed by atoms with E-state index in [1.807, 2.05) is 20.1 Å². The summed E-state index contributed by atoms with van der Waals surface area (Å²) in [6.07, 6.45) is 6.05. The van der Waals surface area contributed by atoms with Crippen LogP contribution in [0.4, 0.5) is 10.7 Å². The zero-order chi connectivity index (χ0) is 14.9. The quantitative estimate of drug-likeness (QED) is 0.634. The number of nitrogens with zero attached hydrogens (tertiary/aromatic N) is 1. The molecule has 2 N–H and O–H groups in total. The molecule has 3 nitrogen and oxygen atoms in total. The maximum Gasteiger partial charge on any atom is 0.177 e. The van der Waals surface area contributed by atoms with E-state index in [0.717, 1.165) is 27.2 Å². The number of thiophene rings is 1. The minimum absolute atomic E-state index is 0.00422. The number of anilines is 2. The number of nitrogens with two attached hydrogens (primary N) is 1. The Morgan fingerprint density at radius 2 is 2.15 bits per heavy atom. The van der Waals surface area contributed by atoms with Crippen molar-refractivity contribution < 1.29 is 4.79 Å². The zero-order valence-electron chi connectivity index (χ0n) is 12.7. The van der Waals surface area contributed by atoms with Crippen LogP contribution >= 0.6 is 23.1 Å². The van der Waals surface area contributed by atoms with Crippen molar-refractivity contribution in [1.29, 1.82) is 0 Å². The monoisotopic (exact) mass is 312 g/mol. The van der Waals surface area contributed by atoms with Crippen LogP contribution in [0.15, 0.2) is 4.90 Å². The molecule has 0 spiro atoms. The molecule has 1 aliphatic rings. The largest absolute Gasteiger partial charge is 0.396 e. The second-order valence-electron chi connectivity index (χ2n) is 5.88. The molecule has 1 aromatic rings. The van der Waals surface area contributed by atoms with E-state index in [1.165, 1.54) is 19.3 Å². The fourth-order valence-corrected chi connectivity index (χ4v) is 4.72. The third kappa shape index (κ3) is 2.98. The van der Waals surface area contributed by atoms with Crippen molar-refractivity contribution in [2.45, 2.75) is 38.0 Å². The Bertz CT molecular complexity index is 492. The van der Waals surface area contributed by atoms with Gasteiger partial charge in [-0.2, -0.15) is 0 Å². The standard InChI is InChI=1S/C15H24N2OS2/c1-9(2)12(18)13-11(16)14(19-4)15(20-13)17(3)8-10-6-5-7-10/h9-10H,5-8,16H2,1-4H3. The minimum atomic E-state index is -0.00422. The molecule has 0 atom stereocenters. The smallest absolute Gasteiger partial charge is 0.177 e. The lowest BCUT2D eigenvalue weighted by atomic mass is 9.85. The van der Waals surface area contributed by atoms with E-state index in [4.69, 9.17) is 5.73 Å². The van der Waals surface area contributed by atoms with Gasteiger partial charge >= 0.3 is 0 Å². The first-order chi connectivity index (χ1) is 9.45. The molecule has 0 aliphatic heterocycles. The molecule has 1 aromatic heterocycles. The number of rotatable bonds is 6. The number of carbonyl (C=O) groups is 1. The topological polar surface area (TPSA) is 46.3 Å². The van der Waals surface area contributed by atoms with Crippen LogP contribution in [0.1, 0.15) is 42.8 Å². The molecule has 112 valence electrons. The first-order valence-corrected chi connectivity index (χ1v) is 9.21. The van der Waals surface area contributed by atoms with Gasteiger partial charge in [0.25, 0.3) is 0 Å². The highest BCUT2D eigenvalue weighted by Gasteiger charge is 2.26. The number of thioether (sulfide) groups is 1. The highest BCUT2D eigenvalue weighted by Crippen LogP contribution is 2.45. The van der Waals surface area contributed by atoms with Crippen LogP contribution in [0.5, 0.6) is 0 Å². The first kappa shape index (κ1) is 15.7. The van der Waals surface area contributed by atoms with Gasteiger partial charge < -0.3 is 10.6 Å². The first-order valence-electron chi connectivity index (χ1n) is 7.17. The maximum absolute atomic E-state index is 12.3. The summed E-state index contributed by atoms with van der Waals surface area (Å²) in [6.45, 7) is 4.93. The van der Waals surface area contributed by atoms with E-state index in [-0.39, 0.29) is 11.7 Å². The van der Waals surface area contributed by atoms with Crippen LogP contribution < -0.4 is 10.6 Å². The van der Waals surface area contributed by atoms with Gasteiger partial charge in [-0.3, -0.25) is 4.79 Å². The number of carbonyl (C=O) groups excluding carboxylic acids is 1. The third-order valence-electron chi connectivity index (χ3n) is 3.94. The molecule has 0 amide bonds. The fourth-order valence-electron chi connectivity index (χ4n) is 2.46. The number of hydrogen-bond donors (Lipinski definition) is 1. The highest BCUT2D eigenvalue weighted by molar-refractivity contribution is 7.99. The van der Waals surface area contributed by atoms with Crippen LogP contribution in [0.3, 0.4) is 0 Å². The second-order valence-corrected chi connectivity index (χ2v) is 7.70. The molecule has 5 heteroatoms. The number of nitrogen functional groups attached to an aromatic ring is 1. The van der Waals surface area contributed by atoms with E-state index in [1.54, 1.807) is 23.1 Å². The van der Waals surface area contributed by atoms with Gasteiger partial charge in [-0.05, 0) is 25.0 Å². The summed E-state index contributed by atoms with van der Waals surface area (Å²) in [5, 5.41) is 1.16. The number of hydrogen-bond acceptors (Lipinski definition) is 5. The van der Waals surface area contributed by atoms with E-state index in [0.29, 0.717) is 5.69 Å². The fraction of sp³-hybridized carbons (Fsp3) is 0.667. The van der Waals surface area contributed by atoms with Crippen molar-refractivity contribution in [3.8, 4) is 0 Å². The van der Waals surface area contributed by atoms with Gasteiger partial charge in [-0.15, -0.1) is 23.1 Å². The summed E-state index contributed by atoms with van der Waals surface area (Å²) < 4.78 is 0. The van der Waals surface area contributed by atoms with Crippen LogP contribution in [0.2, 0.25) is 0 Å². The molecule has 0 radical (unpaired) electrons. The van der Waals surface area contributed by atoms with Crippen LogP contribution in [0.25, 0.3) is 0 Å². The average molecular weight is 313 g/mol. The minimum Gasteiger partial charge on any atom is -0.396 e. The predicted octanol–water partition coefficient (Wildman–Crippen LogP) is 4.13. The van der Waals surface area contributed by atoms with Crippen molar-refractivity contribution in [2.75, 3.05) is 30.5 Å². The molecule has 1 fully saturated rings. The van der Waals surface area contributed by atoms with Gasteiger partial charge in [-0.1, -0.05) is 20.3 Å². The van der Waals surface area contributed by atoms with E-state index >= 15 is 0 Å². The van der Waals surface area contributed by atoms with Crippen molar-refractivity contribution >= 4 is 39.6 Å². The molecule has 20 heavy (non-hydrogen) atoms. The summed E-state index contributed by atoms with van der Waals surface area (Å²) in [6, 6.07) is 0. The van der Waals surface area contributed by atoms with Crippen molar-refractivity contribution in [3.63, 3.8) is 0 Å². The van der Waals surface area contributed by atoms with Crippen molar-refractivity contribution in [3.05, 3.63) is 4.88 Å². The molecule has 0 bridgehead atoms. The number of ketones is 1.